The second-order valence-electron chi connectivity index (χ2n) is 13.2. The van der Waals surface area contributed by atoms with Gasteiger partial charge in [-0.2, -0.15) is 26.3 Å². The Balaban J connectivity index is 1.23. The van der Waals surface area contributed by atoms with Crippen LogP contribution in [-0.4, -0.2) is 22.3 Å². The maximum Gasteiger partial charge on any atom is 0.380 e. The maximum atomic E-state index is 16.1. The van der Waals surface area contributed by atoms with E-state index in [9.17, 15) is 0 Å². The molecule has 0 saturated heterocycles. The Bertz CT molecular complexity index is 2520. The second-order valence-corrected chi connectivity index (χ2v) is 14.5. The highest BCUT2D eigenvalue weighted by atomic mass is 32.1. The molecule has 2 heterocycles. The summed E-state index contributed by atoms with van der Waals surface area (Å²) in [4.78, 5) is 2.39. The van der Waals surface area contributed by atoms with E-state index in [0.29, 0.717) is 15.8 Å². The van der Waals surface area contributed by atoms with Gasteiger partial charge in [0.2, 0.25) is 0 Å². The number of alkyl halides is 6. The zero-order valence-electron chi connectivity index (χ0n) is 28.8. The van der Waals surface area contributed by atoms with Gasteiger partial charge in [-0.1, -0.05) is 84.9 Å². The average molecular weight is 735 g/mol. The number of halogens is 6. The van der Waals surface area contributed by atoms with Crippen molar-refractivity contribution in [2.45, 2.75) is 31.6 Å². The standard InChI is InChI=1S/C44H32F6N2S/c1-27-38(40-41(43(47,48)44(49,50)42(40,45)46)39-28(2)53-37-17-11-10-16-34(37)39)35-26-30(22-25-36(35)51(27)3)19-18-29-20-23-33(24-21-29)52(31-12-6-4-7-13-31)32-14-8-5-9-15-32/h4-26H,1-3H3/b19-18+. The first-order valence-electron chi connectivity index (χ1n) is 17.0. The first kappa shape index (κ1) is 34.5. The number of anilines is 3. The van der Waals surface area contributed by atoms with E-state index >= 15 is 26.3 Å². The smallest absolute Gasteiger partial charge is 0.347 e. The molecule has 7 aromatic rings. The number of rotatable bonds is 7. The number of hydrogen-bond acceptors (Lipinski definition) is 2. The van der Waals surface area contributed by atoms with Gasteiger partial charge in [-0.25, -0.2) is 0 Å². The van der Waals surface area contributed by atoms with Crippen molar-refractivity contribution in [1.82, 2.24) is 4.57 Å². The fraction of sp³-hybridized carbons (Fsp3) is 0.136. The fourth-order valence-electron chi connectivity index (χ4n) is 7.40. The average Bonchev–Trinajstić information content (AvgIpc) is 3.64. The second kappa shape index (κ2) is 12.6. The number of benzene rings is 5. The van der Waals surface area contributed by atoms with Crippen molar-refractivity contribution in [3.8, 4) is 0 Å². The molecular weight excluding hydrogens is 703 g/mol. The van der Waals surface area contributed by atoms with Gasteiger partial charge in [0.25, 0.3) is 0 Å². The van der Waals surface area contributed by atoms with Crippen LogP contribution in [0.25, 0.3) is 44.3 Å². The van der Waals surface area contributed by atoms with Gasteiger partial charge in [0.15, 0.2) is 0 Å². The van der Waals surface area contributed by atoms with Crippen LogP contribution in [0.1, 0.15) is 32.8 Å². The molecule has 0 atom stereocenters. The largest absolute Gasteiger partial charge is 0.380 e. The molecule has 9 heteroatoms. The van der Waals surface area contributed by atoms with E-state index in [0.717, 1.165) is 34.0 Å². The van der Waals surface area contributed by atoms with Crippen LogP contribution in [0.2, 0.25) is 0 Å². The van der Waals surface area contributed by atoms with Crippen molar-refractivity contribution in [2.24, 2.45) is 7.05 Å². The molecule has 0 bridgehead atoms. The van der Waals surface area contributed by atoms with Crippen LogP contribution in [0.4, 0.5) is 43.4 Å². The number of para-hydroxylation sites is 2. The number of thiophene rings is 1. The molecule has 0 amide bonds. The lowest BCUT2D eigenvalue weighted by Gasteiger charge is -2.26. The summed E-state index contributed by atoms with van der Waals surface area (Å²) in [5.41, 5.74) is 1.76. The van der Waals surface area contributed by atoms with Crippen molar-refractivity contribution in [3.05, 3.63) is 160 Å². The third kappa shape index (κ3) is 5.31. The first-order valence-corrected chi connectivity index (χ1v) is 17.8. The third-order valence-electron chi connectivity index (χ3n) is 10.1. The van der Waals surface area contributed by atoms with Crippen molar-refractivity contribution in [3.63, 3.8) is 0 Å². The van der Waals surface area contributed by atoms with Gasteiger partial charge < -0.3 is 9.47 Å². The van der Waals surface area contributed by atoms with E-state index in [4.69, 9.17) is 0 Å². The molecule has 2 nitrogen and oxygen atoms in total. The van der Waals surface area contributed by atoms with Gasteiger partial charge in [0, 0.05) is 77.9 Å². The summed E-state index contributed by atoms with van der Waals surface area (Å²) >= 11 is 1.11. The summed E-state index contributed by atoms with van der Waals surface area (Å²) < 4.78 is 97.2. The summed E-state index contributed by atoms with van der Waals surface area (Å²) in [5, 5.41) is 0.417. The minimum Gasteiger partial charge on any atom is -0.347 e. The molecule has 0 N–H and O–H groups in total. The van der Waals surface area contributed by atoms with E-state index in [1.54, 1.807) is 54.1 Å². The predicted octanol–water partition coefficient (Wildman–Crippen LogP) is 13.5. The molecule has 0 spiro atoms. The normalized spacial score (nSPS) is 16.3. The summed E-state index contributed by atoms with van der Waals surface area (Å²) in [5.74, 6) is -16.0. The topological polar surface area (TPSA) is 8.17 Å². The Kier molecular flexibility index (Phi) is 8.18. The quantitative estimate of drug-likeness (QED) is 0.117. The zero-order valence-corrected chi connectivity index (χ0v) is 29.7. The van der Waals surface area contributed by atoms with Crippen LogP contribution in [0, 0.1) is 13.8 Å². The fourth-order valence-corrected chi connectivity index (χ4v) is 8.48. The number of aryl methyl sites for hydroxylation is 2. The molecule has 2 aromatic heterocycles. The van der Waals surface area contributed by atoms with Crippen molar-refractivity contribution >= 4 is 72.7 Å². The van der Waals surface area contributed by atoms with Crippen LogP contribution in [0.3, 0.4) is 0 Å². The molecule has 0 fully saturated rings. The number of fused-ring (bicyclic) bond motifs is 2. The highest BCUT2D eigenvalue weighted by Crippen LogP contribution is 2.66. The highest BCUT2D eigenvalue weighted by Gasteiger charge is 2.80. The molecule has 5 aromatic carbocycles. The SMILES string of the molecule is Cc1sc2ccccc2c1C1=C(c2c(C)n(C)c3ccc(/C=C/c4ccc(N(c5ccccc5)c5ccccc5)cc4)cc23)C(F)(F)C(F)(F)C1(F)F. The van der Waals surface area contributed by atoms with E-state index in [1.807, 2.05) is 91.0 Å². The Morgan fingerprint density at radius 3 is 1.70 bits per heavy atom. The monoisotopic (exact) mass is 734 g/mol. The minimum atomic E-state index is -5.66. The molecule has 266 valence electrons. The van der Waals surface area contributed by atoms with Crippen LogP contribution in [0.15, 0.2) is 127 Å². The Morgan fingerprint density at radius 2 is 1.08 bits per heavy atom. The summed E-state index contributed by atoms with van der Waals surface area (Å²) in [7, 11) is 1.61. The molecule has 1 aliphatic rings. The van der Waals surface area contributed by atoms with E-state index in [2.05, 4.69) is 4.90 Å². The molecule has 0 radical (unpaired) electrons. The Labute approximate surface area is 306 Å². The van der Waals surface area contributed by atoms with E-state index in [-0.39, 0.29) is 32.5 Å². The Hall–Kier alpha value is -5.54. The highest BCUT2D eigenvalue weighted by molar-refractivity contribution is 7.19. The summed E-state index contributed by atoms with van der Waals surface area (Å²) in [6, 6.07) is 39.4. The minimum absolute atomic E-state index is 0.177. The van der Waals surface area contributed by atoms with Gasteiger partial charge in [-0.05, 0) is 79.6 Å². The maximum absolute atomic E-state index is 16.1. The molecule has 0 unspecified atom stereocenters. The van der Waals surface area contributed by atoms with Gasteiger partial charge in [0.05, 0.1) is 0 Å². The van der Waals surface area contributed by atoms with Crippen molar-refractivity contribution in [1.29, 1.82) is 0 Å². The predicted molar refractivity (Wildman–Crippen MR) is 206 cm³/mol. The van der Waals surface area contributed by atoms with Crippen LogP contribution < -0.4 is 4.90 Å². The molecule has 1 aliphatic carbocycles. The van der Waals surface area contributed by atoms with Crippen molar-refractivity contribution < 1.29 is 26.3 Å². The zero-order chi connectivity index (χ0) is 37.3. The van der Waals surface area contributed by atoms with E-state index < -0.39 is 28.9 Å². The van der Waals surface area contributed by atoms with Crippen LogP contribution in [-0.2, 0) is 7.05 Å². The molecule has 53 heavy (non-hydrogen) atoms. The van der Waals surface area contributed by atoms with Gasteiger partial charge in [-0.3, -0.25) is 0 Å². The lowest BCUT2D eigenvalue weighted by Crippen LogP contribution is -2.49. The van der Waals surface area contributed by atoms with Gasteiger partial charge in [0.1, 0.15) is 0 Å². The van der Waals surface area contributed by atoms with Gasteiger partial charge >= 0.3 is 17.8 Å². The molecular formula is C44H32F6N2S. The molecule has 0 aliphatic heterocycles. The molecule has 8 rings (SSSR count). The lowest BCUT2D eigenvalue weighted by molar-refractivity contribution is -0.254. The lowest BCUT2D eigenvalue weighted by atomic mass is 9.91. The first-order chi connectivity index (χ1) is 25.3. The summed E-state index contributed by atoms with van der Waals surface area (Å²) in [6.45, 7) is 3.00. The molecule has 0 saturated carbocycles. The summed E-state index contributed by atoms with van der Waals surface area (Å²) in [6.07, 6.45) is 3.64. The van der Waals surface area contributed by atoms with Crippen LogP contribution >= 0.6 is 11.3 Å². The third-order valence-corrected chi connectivity index (χ3v) is 11.2. The van der Waals surface area contributed by atoms with E-state index in [1.165, 1.54) is 19.9 Å². The number of allylic oxidation sites excluding steroid dienone is 2. The number of hydrogen-bond donors (Lipinski definition) is 0. The van der Waals surface area contributed by atoms with Gasteiger partial charge in [-0.15, -0.1) is 11.3 Å². The van der Waals surface area contributed by atoms with Crippen molar-refractivity contribution in [2.75, 3.05) is 4.90 Å². The van der Waals surface area contributed by atoms with Crippen LogP contribution in [0.5, 0.6) is 0 Å². The number of aromatic nitrogens is 1. The number of nitrogens with zero attached hydrogens (tertiary/aromatic N) is 2. The Morgan fingerprint density at radius 1 is 0.566 bits per heavy atom.